The zero-order valence-electron chi connectivity index (χ0n) is 11.4. The second-order valence-electron chi connectivity index (χ2n) is 4.43. The zero-order valence-corrected chi connectivity index (χ0v) is 12.2. The van der Waals surface area contributed by atoms with Crippen molar-refractivity contribution in [2.24, 2.45) is 0 Å². The van der Waals surface area contributed by atoms with Crippen molar-refractivity contribution < 1.29 is 18.6 Å². The summed E-state index contributed by atoms with van der Waals surface area (Å²) in [6, 6.07) is 8.42. The Labute approximate surface area is 129 Å². The van der Waals surface area contributed by atoms with E-state index in [2.05, 4.69) is 15.3 Å². The quantitative estimate of drug-likeness (QED) is 0.682. The second kappa shape index (κ2) is 5.98. The largest absolute Gasteiger partial charge is 0.451 e. The van der Waals surface area contributed by atoms with Crippen molar-refractivity contribution in [2.75, 3.05) is 0 Å². The van der Waals surface area contributed by atoms with E-state index in [9.17, 15) is 4.79 Å². The van der Waals surface area contributed by atoms with E-state index in [4.69, 9.17) is 25.4 Å². The van der Waals surface area contributed by atoms with Crippen LogP contribution in [0, 0.1) is 6.92 Å². The smallest absolute Gasteiger partial charge is 0.377 e. The average Bonchev–Trinajstić information content (AvgIpc) is 3.15. The highest BCUT2D eigenvalue weighted by molar-refractivity contribution is 6.30. The van der Waals surface area contributed by atoms with Gasteiger partial charge in [0.2, 0.25) is 11.6 Å². The van der Waals surface area contributed by atoms with Crippen molar-refractivity contribution in [3.05, 3.63) is 52.6 Å². The van der Waals surface area contributed by atoms with E-state index in [0.29, 0.717) is 16.6 Å². The number of ether oxygens (including phenoxy) is 1. The molecule has 0 N–H and O–H groups in total. The Hall–Kier alpha value is -2.67. The number of halogens is 1. The van der Waals surface area contributed by atoms with Gasteiger partial charge in [-0.05, 0) is 31.2 Å². The van der Waals surface area contributed by atoms with Crippen molar-refractivity contribution in [3.63, 3.8) is 0 Å². The summed E-state index contributed by atoms with van der Waals surface area (Å²) < 4.78 is 14.9. The van der Waals surface area contributed by atoms with Crippen LogP contribution in [-0.2, 0) is 11.3 Å². The van der Waals surface area contributed by atoms with Crippen molar-refractivity contribution in [1.29, 1.82) is 0 Å². The van der Waals surface area contributed by atoms with E-state index < -0.39 is 5.97 Å². The van der Waals surface area contributed by atoms with Crippen LogP contribution in [0.2, 0.25) is 5.02 Å². The van der Waals surface area contributed by atoms with E-state index >= 15 is 0 Å². The summed E-state index contributed by atoms with van der Waals surface area (Å²) in [6.07, 6.45) is 0. The molecule has 112 valence electrons. The molecule has 22 heavy (non-hydrogen) atoms. The van der Waals surface area contributed by atoms with Crippen LogP contribution in [0.4, 0.5) is 0 Å². The molecule has 0 saturated carbocycles. The molecule has 0 unspecified atom stereocenters. The monoisotopic (exact) mass is 319 g/mol. The minimum absolute atomic E-state index is 0.0268. The van der Waals surface area contributed by atoms with Gasteiger partial charge in [-0.25, -0.2) is 4.79 Å². The van der Waals surface area contributed by atoms with E-state index in [1.807, 2.05) is 0 Å². The van der Waals surface area contributed by atoms with Gasteiger partial charge < -0.3 is 13.8 Å². The fourth-order valence-electron chi connectivity index (χ4n) is 1.68. The van der Waals surface area contributed by atoms with E-state index in [1.54, 1.807) is 31.2 Å². The molecule has 0 aliphatic heterocycles. The molecule has 8 heteroatoms. The van der Waals surface area contributed by atoms with Gasteiger partial charge in [0.25, 0.3) is 5.89 Å². The van der Waals surface area contributed by atoms with Gasteiger partial charge in [0, 0.05) is 16.7 Å². The lowest BCUT2D eigenvalue weighted by Crippen LogP contribution is -2.05. The van der Waals surface area contributed by atoms with Crippen LogP contribution in [0.25, 0.3) is 11.5 Å². The molecular weight excluding hydrogens is 310 g/mol. The summed E-state index contributed by atoms with van der Waals surface area (Å²) in [5.74, 6) is -0.0508. The predicted octanol–water partition coefficient (Wildman–Crippen LogP) is 3.04. The van der Waals surface area contributed by atoms with Gasteiger partial charge in [0.1, 0.15) is 0 Å². The number of carbonyl (C=O) groups is 1. The fraction of sp³-hybridized carbons (Fsp3) is 0.143. The number of benzene rings is 1. The number of aryl methyl sites for hydroxylation is 1. The first-order valence-corrected chi connectivity index (χ1v) is 6.68. The maximum atomic E-state index is 11.7. The van der Waals surface area contributed by atoms with Gasteiger partial charge in [-0.15, -0.1) is 0 Å². The lowest BCUT2D eigenvalue weighted by Gasteiger charge is -1.97. The fourth-order valence-corrected chi connectivity index (χ4v) is 1.81. The number of carbonyl (C=O) groups excluding carboxylic acids is 1. The number of nitrogens with zero attached hydrogens (tertiary/aromatic N) is 3. The van der Waals surface area contributed by atoms with Crippen LogP contribution < -0.4 is 0 Å². The Balaban J connectivity index is 1.64. The first kappa shape index (κ1) is 14.3. The van der Waals surface area contributed by atoms with Crippen molar-refractivity contribution in [1.82, 2.24) is 15.3 Å². The summed E-state index contributed by atoms with van der Waals surface area (Å²) in [5.41, 5.74) is 1.32. The Kier molecular flexibility index (Phi) is 3.88. The first-order valence-electron chi connectivity index (χ1n) is 6.31. The number of hydrogen-bond donors (Lipinski definition) is 0. The van der Waals surface area contributed by atoms with Gasteiger partial charge >= 0.3 is 5.97 Å². The molecule has 3 rings (SSSR count). The first-order chi connectivity index (χ1) is 10.6. The molecule has 0 bridgehead atoms. The van der Waals surface area contributed by atoms with Crippen LogP contribution in [-0.4, -0.2) is 21.3 Å². The van der Waals surface area contributed by atoms with Crippen LogP contribution in [0.3, 0.4) is 0 Å². The number of hydrogen-bond acceptors (Lipinski definition) is 7. The summed E-state index contributed by atoms with van der Waals surface area (Å²) in [7, 11) is 0. The topological polar surface area (TPSA) is 91.2 Å². The Bertz CT molecular complexity index is 795. The molecule has 0 radical (unpaired) electrons. The van der Waals surface area contributed by atoms with Crippen LogP contribution in [0.5, 0.6) is 0 Å². The maximum Gasteiger partial charge on any atom is 0.377 e. The standard InChI is InChI=1S/C14H10ClN3O4/c1-8-6-11(21-17-8)14(19)20-7-12-16-13(22-18-12)9-2-4-10(15)5-3-9/h2-6H,7H2,1H3. The van der Waals surface area contributed by atoms with Gasteiger partial charge in [-0.2, -0.15) is 4.98 Å². The molecule has 0 atom stereocenters. The normalized spacial score (nSPS) is 10.6. The third kappa shape index (κ3) is 3.15. The lowest BCUT2D eigenvalue weighted by molar-refractivity contribution is 0.0413. The number of esters is 1. The number of rotatable bonds is 4. The van der Waals surface area contributed by atoms with E-state index in [0.717, 1.165) is 5.56 Å². The third-order valence-corrected chi connectivity index (χ3v) is 2.97. The minimum atomic E-state index is -0.640. The maximum absolute atomic E-state index is 11.7. The lowest BCUT2D eigenvalue weighted by atomic mass is 10.2. The Morgan fingerprint density at radius 3 is 2.68 bits per heavy atom. The molecule has 3 aromatic rings. The molecule has 0 aliphatic rings. The SMILES string of the molecule is Cc1cc(C(=O)OCc2noc(-c3ccc(Cl)cc3)n2)on1. The highest BCUT2D eigenvalue weighted by atomic mass is 35.5. The predicted molar refractivity (Wildman–Crippen MR) is 75.1 cm³/mol. The average molecular weight is 320 g/mol. The van der Waals surface area contributed by atoms with Gasteiger partial charge in [-0.1, -0.05) is 21.9 Å². The van der Waals surface area contributed by atoms with Crippen LogP contribution in [0.1, 0.15) is 22.1 Å². The minimum Gasteiger partial charge on any atom is -0.451 e. The zero-order chi connectivity index (χ0) is 15.5. The van der Waals surface area contributed by atoms with E-state index in [-0.39, 0.29) is 18.2 Å². The van der Waals surface area contributed by atoms with Crippen molar-refractivity contribution >= 4 is 17.6 Å². The molecule has 0 spiro atoms. The molecule has 2 aromatic heterocycles. The molecular formula is C14H10ClN3O4. The van der Waals surface area contributed by atoms with Crippen molar-refractivity contribution in [3.8, 4) is 11.5 Å². The van der Waals surface area contributed by atoms with Crippen LogP contribution >= 0.6 is 11.6 Å². The van der Waals surface area contributed by atoms with Gasteiger partial charge in [0.15, 0.2) is 6.61 Å². The molecule has 0 fully saturated rings. The Morgan fingerprint density at radius 1 is 1.23 bits per heavy atom. The van der Waals surface area contributed by atoms with Crippen molar-refractivity contribution in [2.45, 2.75) is 13.5 Å². The highest BCUT2D eigenvalue weighted by Crippen LogP contribution is 2.19. The van der Waals surface area contributed by atoms with Gasteiger partial charge in [-0.3, -0.25) is 0 Å². The van der Waals surface area contributed by atoms with E-state index in [1.165, 1.54) is 6.07 Å². The Morgan fingerprint density at radius 2 is 2.00 bits per heavy atom. The van der Waals surface area contributed by atoms with Gasteiger partial charge in [0.05, 0.1) is 5.69 Å². The highest BCUT2D eigenvalue weighted by Gasteiger charge is 2.15. The summed E-state index contributed by atoms with van der Waals surface area (Å²) >= 11 is 5.81. The summed E-state index contributed by atoms with van der Waals surface area (Å²) in [6.45, 7) is 1.58. The summed E-state index contributed by atoms with van der Waals surface area (Å²) in [5, 5.41) is 7.96. The number of aromatic nitrogens is 3. The molecule has 0 amide bonds. The summed E-state index contributed by atoms with van der Waals surface area (Å²) in [4.78, 5) is 15.8. The molecule has 1 aromatic carbocycles. The molecule has 2 heterocycles. The molecule has 7 nitrogen and oxygen atoms in total. The van der Waals surface area contributed by atoms with Crippen LogP contribution in [0.15, 0.2) is 39.4 Å². The third-order valence-electron chi connectivity index (χ3n) is 2.72. The molecule has 0 aliphatic carbocycles. The second-order valence-corrected chi connectivity index (χ2v) is 4.87. The molecule has 0 saturated heterocycles.